The van der Waals surface area contributed by atoms with E-state index in [1.807, 2.05) is 12.1 Å². The number of thiol groups is 1. The summed E-state index contributed by atoms with van der Waals surface area (Å²) in [5.41, 5.74) is 1.27. The standard InChI is InChI=1S/C14H23NO2S/c1-15(8-4-10-18)9-7-12-5-6-13(16-2)14(11-12)17-3/h5-6,11,18H,4,7-10H2,1-3H3. The molecule has 18 heavy (non-hydrogen) atoms. The molecule has 0 aliphatic heterocycles. The minimum absolute atomic E-state index is 0.782. The van der Waals surface area contributed by atoms with E-state index in [1.165, 1.54) is 5.56 Å². The zero-order valence-corrected chi connectivity index (χ0v) is 12.4. The van der Waals surface area contributed by atoms with Crippen molar-refractivity contribution < 1.29 is 9.47 Å². The first-order valence-corrected chi connectivity index (χ1v) is 6.84. The Hall–Kier alpha value is -0.870. The molecule has 0 radical (unpaired) electrons. The minimum Gasteiger partial charge on any atom is -0.493 e. The zero-order chi connectivity index (χ0) is 13.4. The van der Waals surface area contributed by atoms with E-state index in [0.717, 1.165) is 43.2 Å². The first-order valence-electron chi connectivity index (χ1n) is 6.21. The Morgan fingerprint density at radius 3 is 2.44 bits per heavy atom. The number of hydrogen-bond donors (Lipinski definition) is 1. The van der Waals surface area contributed by atoms with Crippen molar-refractivity contribution in [3.05, 3.63) is 23.8 Å². The third-order valence-corrected chi connectivity index (χ3v) is 3.24. The van der Waals surface area contributed by atoms with Crippen LogP contribution in [0, 0.1) is 0 Å². The summed E-state index contributed by atoms with van der Waals surface area (Å²) in [7, 11) is 5.47. The molecule has 0 saturated carbocycles. The molecule has 0 heterocycles. The van der Waals surface area contributed by atoms with Crippen LogP contribution in [-0.2, 0) is 6.42 Å². The first-order chi connectivity index (χ1) is 8.71. The Morgan fingerprint density at radius 2 is 1.83 bits per heavy atom. The van der Waals surface area contributed by atoms with E-state index in [9.17, 15) is 0 Å². The predicted octanol–water partition coefficient (Wildman–Crippen LogP) is 2.50. The molecule has 1 aromatic rings. The number of rotatable bonds is 8. The van der Waals surface area contributed by atoms with Gasteiger partial charge in [0.1, 0.15) is 0 Å². The lowest BCUT2D eigenvalue weighted by Gasteiger charge is -2.16. The van der Waals surface area contributed by atoms with Gasteiger partial charge in [-0.05, 0) is 49.9 Å². The topological polar surface area (TPSA) is 21.7 Å². The van der Waals surface area contributed by atoms with Gasteiger partial charge in [0.15, 0.2) is 11.5 Å². The molecule has 3 nitrogen and oxygen atoms in total. The van der Waals surface area contributed by atoms with Crippen molar-refractivity contribution in [2.75, 3.05) is 40.1 Å². The lowest BCUT2D eigenvalue weighted by Crippen LogP contribution is -2.22. The maximum atomic E-state index is 5.30. The Kier molecular flexibility index (Phi) is 6.98. The van der Waals surface area contributed by atoms with E-state index >= 15 is 0 Å². The smallest absolute Gasteiger partial charge is 0.160 e. The average molecular weight is 269 g/mol. The fraction of sp³-hybridized carbons (Fsp3) is 0.571. The summed E-state index contributed by atoms with van der Waals surface area (Å²) in [5.74, 6) is 2.53. The second-order valence-electron chi connectivity index (χ2n) is 4.32. The van der Waals surface area contributed by atoms with Crippen LogP contribution in [0.4, 0.5) is 0 Å². The molecule has 1 rings (SSSR count). The van der Waals surface area contributed by atoms with Gasteiger partial charge in [-0.1, -0.05) is 6.07 Å². The maximum Gasteiger partial charge on any atom is 0.160 e. The monoisotopic (exact) mass is 269 g/mol. The van der Waals surface area contributed by atoms with Crippen LogP contribution in [0.25, 0.3) is 0 Å². The van der Waals surface area contributed by atoms with Crippen LogP contribution in [0.5, 0.6) is 11.5 Å². The molecule has 0 unspecified atom stereocenters. The van der Waals surface area contributed by atoms with Gasteiger partial charge in [-0.25, -0.2) is 0 Å². The van der Waals surface area contributed by atoms with E-state index in [2.05, 4.69) is 30.6 Å². The van der Waals surface area contributed by atoms with Gasteiger partial charge in [0.25, 0.3) is 0 Å². The Morgan fingerprint density at radius 1 is 1.11 bits per heavy atom. The quantitative estimate of drug-likeness (QED) is 0.733. The highest BCUT2D eigenvalue weighted by Gasteiger charge is 2.05. The summed E-state index contributed by atoms with van der Waals surface area (Å²) in [6, 6.07) is 6.10. The minimum atomic E-state index is 0.782. The van der Waals surface area contributed by atoms with Crippen LogP contribution < -0.4 is 9.47 Å². The van der Waals surface area contributed by atoms with Crippen molar-refractivity contribution in [1.29, 1.82) is 0 Å². The highest BCUT2D eigenvalue weighted by Crippen LogP contribution is 2.27. The fourth-order valence-corrected chi connectivity index (χ4v) is 1.95. The molecule has 0 saturated heterocycles. The summed E-state index contributed by atoms with van der Waals surface area (Å²) < 4.78 is 10.5. The van der Waals surface area contributed by atoms with Gasteiger partial charge in [0, 0.05) is 6.54 Å². The number of likely N-dealkylation sites (N-methyl/N-ethyl adjacent to an activating group) is 1. The Balaban J connectivity index is 2.52. The molecule has 0 spiro atoms. The number of hydrogen-bond acceptors (Lipinski definition) is 4. The molecule has 0 amide bonds. The van der Waals surface area contributed by atoms with Crippen LogP contribution in [-0.4, -0.2) is 45.0 Å². The third-order valence-electron chi connectivity index (χ3n) is 2.93. The van der Waals surface area contributed by atoms with Crippen molar-refractivity contribution in [1.82, 2.24) is 4.90 Å². The molecule has 102 valence electrons. The zero-order valence-electron chi connectivity index (χ0n) is 11.5. The second kappa shape index (κ2) is 8.27. The lowest BCUT2D eigenvalue weighted by atomic mass is 10.1. The molecule has 0 aromatic heterocycles. The van der Waals surface area contributed by atoms with E-state index in [-0.39, 0.29) is 0 Å². The molecular weight excluding hydrogens is 246 g/mol. The van der Waals surface area contributed by atoms with E-state index < -0.39 is 0 Å². The van der Waals surface area contributed by atoms with Crippen LogP contribution in [0.2, 0.25) is 0 Å². The summed E-state index contributed by atoms with van der Waals surface area (Å²) in [4.78, 5) is 2.33. The molecule has 4 heteroatoms. The molecule has 0 aliphatic rings. The normalized spacial score (nSPS) is 10.7. The van der Waals surface area contributed by atoms with Gasteiger partial charge >= 0.3 is 0 Å². The highest BCUT2D eigenvalue weighted by atomic mass is 32.1. The number of benzene rings is 1. The predicted molar refractivity (Wildman–Crippen MR) is 79.2 cm³/mol. The highest BCUT2D eigenvalue weighted by molar-refractivity contribution is 7.80. The van der Waals surface area contributed by atoms with Crippen LogP contribution in [0.3, 0.4) is 0 Å². The van der Waals surface area contributed by atoms with Crippen molar-refractivity contribution >= 4 is 12.6 Å². The van der Waals surface area contributed by atoms with E-state index in [4.69, 9.17) is 9.47 Å². The first kappa shape index (κ1) is 15.2. The molecule has 0 bridgehead atoms. The maximum absolute atomic E-state index is 5.30. The number of methoxy groups -OCH3 is 2. The van der Waals surface area contributed by atoms with Crippen molar-refractivity contribution in [3.8, 4) is 11.5 Å². The molecular formula is C14H23NO2S. The fourth-order valence-electron chi connectivity index (χ4n) is 1.81. The van der Waals surface area contributed by atoms with Crippen LogP contribution >= 0.6 is 12.6 Å². The SMILES string of the molecule is COc1ccc(CCN(C)CCCS)cc1OC. The largest absolute Gasteiger partial charge is 0.493 e. The van der Waals surface area contributed by atoms with Crippen molar-refractivity contribution in [2.45, 2.75) is 12.8 Å². The number of ether oxygens (including phenoxy) is 2. The van der Waals surface area contributed by atoms with Gasteiger partial charge in [0.2, 0.25) is 0 Å². The molecule has 0 aliphatic carbocycles. The Bertz CT molecular complexity index is 358. The summed E-state index contributed by atoms with van der Waals surface area (Å²) in [5, 5.41) is 0. The van der Waals surface area contributed by atoms with Gasteiger partial charge in [-0.3, -0.25) is 0 Å². The average Bonchev–Trinajstić information content (AvgIpc) is 2.42. The molecule has 1 aromatic carbocycles. The van der Waals surface area contributed by atoms with Crippen molar-refractivity contribution in [2.24, 2.45) is 0 Å². The van der Waals surface area contributed by atoms with Crippen molar-refractivity contribution in [3.63, 3.8) is 0 Å². The van der Waals surface area contributed by atoms with Gasteiger partial charge < -0.3 is 14.4 Å². The van der Waals surface area contributed by atoms with Gasteiger partial charge in [0.05, 0.1) is 14.2 Å². The van der Waals surface area contributed by atoms with E-state index in [1.54, 1.807) is 14.2 Å². The third kappa shape index (κ3) is 4.78. The lowest BCUT2D eigenvalue weighted by molar-refractivity contribution is 0.338. The molecule has 0 atom stereocenters. The second-order valence-corrected chi connectivity index (χ2v) is 4.77. The molecule has 0 N–H and O–H groups in total. The summed E-state index contributed by atoms with van der Waals surface area (Å²) >= 11 is 4.22. The molecule has 0 fully saturated rings. The Labute approximate surface area is 115 Å². The van der Waals surface area contributed by atoms with Crippen LogP contribution in [0.1, 0.15) is 12.0 Å². The summed E-state index contributed by atoms with van der Waals surface area (Å²) in [6.07, 6.45) is 2.15. The van der Waals surface area contributed by atoms with Gasteiger partial charge in [-0.2, -0.15) is 12.6 Å². The van der Waals surface area contributed by atoms with Gasteiger partial charge in [-0.15, -0.1) is 0 Å². The van der Waals surface area contributed by atoms with Crippen LogP contribution in [0.15, 0.2) is 18.2 Å². The van der Waals surface area contributed by atoms with E-state index in [0.29, 0.717) is 0 Å². The summed E-state index contributed by atoms with van der Waals surface area (Å²) in [6.45, 7) is 2.14. The number of nitrogens with zero attached hydrogens (tertiary/aromatic N) is 1.